The van der Waals surface area contributed by atoms with E-state index in [9.17, 15) is 14.4 Å². The summed E-state index contributed by atoms with van der Waals surface area (Å²) in [6.07, 6.45) is 0. The zero-order valence-electron chi connectivity index (χ0n) is 15.4. The Balaban J connectivity index is 1.83. The van der Waals surface area contributed by atoms with Crippen LogP contribution in [-0.4, -0.2) is 31.5 Å². The number of benzene rings is 2. The molecule has 0 aromatic heterocycles. The minimum Gasteiger partial charge on any atom is -0.497 e. The predicted molar refractivity (Wildman–Crippen MR) is 101 cm³/mol. The Morgan fingerprint density at radius 1 is 1.00 bits per heavy atom. The van der Waals surface area contributed by atoms with Crippen molar-refractivity contribution in [3.05, 3.63) is 59.7 Å². The first kappa shape index (κ1) is 20.0. The number of nitrogens with one attached hydrogen (secondary N) is 2. The SMILES string of the molecule is COc1ccc([C@H](C)NC(=O)COC(=O)c2ccc(NC(C)=O)cc2)cc1. The maximum atomic E-state index is 12.0. The molecule has 0 unspecified atom stereocenters. The average molecular weight is 370 g/mol. The van der Waals surface area contributed by atoms with Crippen molar-refractivity contribution in [2.24, 2.45) is 0 Å². The van der Waals surface area contributed by atoms with Crippen molar-refractivity contribution in [1.82, 2.24) is 5.32 Å². The number of anilines is 1. The number of ether oxygens (including phenoxy) is 2. The van der Waals surface area contributed by atoms with Gasteiger partial charge in [-0.2, -0.15) is 0 Å². The molecule has 0 spiro atoms. The molecule has 0 heterocycles. The highest BCUT2D eigenvalue weighted by Crippen LogP contribution is 2.17. The fourth-order valence-corrected chi connectivity index (χ4v) is 2.37. The molecule has 0 radical (unpaired) electrons. The Bertz CT molecular complexity index is 800. The van der Waals surface area contributed by atoms with Crippen LogP contribution in [0.1, 0.15) is 35.8 Å². The van der Waals surface area contributed by atoms with Crippen LogP contribution in [-0.2, 0) is 14.3 Å². The maximum Gasteiger partial charge on any atom is 0.338 e. The van der Waals surface area contributed by atoms with E-state index in [1.165, 1.54) is 19.1 Å². The second kappa shape index (κ2) is 9.38. The molecule has 2 aromatic rings. The first-order valence-electron chi connectivity index (χ1n) is 8.37. The molecule has 7 nitrogen and oxygen atoms in total. The summed E-state index contributed by atoms with van der Waals surface area (Å²) in [5, 5.41) is 5.37. The van der Waals surface area contributed by atoms with Gasteiger partial charge in [-0.1, -0.05) is 12.1 Å². The molecule has 7 heteroatoms. The standard InChI is InChI=1S/C20H22N2O5/c1-13(15-6-10-18(26-3)11-7-15)21-19(24)12-27-20(25)16-4-8-17(9-5-16)22-14(2)23/h4-11,13H,12H2,1-3H3,(H,21,24)(H,22,23)/t13-/m0/s1. The van der Waals surface area contributed by atoms with Crippen LogP contribution in [0.15, 0.2) is 48.5 Å². The molecule has 0 aliphatic rings. The Hall–Kier alpha value is -3.35. The second-order valence-corrected chi connectivity index (χ2v) is 5.90. The minimum atomic E-state index is -0.614. The van der Waals surface area contributed by atoms with Gasteiger partial charge in [-0.25, -0.2) is 4.79 Å². The quantitative estimate of drug-likeness (QED) is 0.731. The van der Waals surface area contributed by atoms with Gasteiger partial charge in [0.15, 0.2) is 6.61 Å². The molecule has 0 aliphatic carbocycles. The molecule has 0 aliphatic heterocycles. The summed E-state index contributed by atoms with van der Waals surface area (Å²) >= 11 is 0. The number of carbonyl (C=O) groups is 3. The van der Waals surface area contributed by atoms with Gasteiger partial charge in [0.1, 0.15) is 5.75 Å². The predicted octanol–water partition coefficient (Wildman–Crippen LogP) is 2.69. The van der Waals surface area contributed by atoms with Gasteiger partial charge in [0.05, 0.1) is 18.7 Å². The van der Waals surface area contributed by atoms with Gasteiger partial charge in [0, 0.05) is 12.6 Å². The molecule has 142 valence electrons. The third kappa shape index (κ3) is 6.14. The molecular formula is C20H22N2O5. The number of hydrogen-bond acceptors (Lipinski definition) is 5. The summed E-state index contributed by atoms with van der Waals surface area (Å²) in [5.74, 6) is -0.484. The Kier molecular flexibility index (Phi) is 6.93. The molecular weight excluding hydrogens is 348 g/mol. The van der Waals surface area contributed by atoms with E-state index in [0.717, 1.165) is 11.3 Å². The Morgan fingerprint density at radius 2 is 1.63 bits per heavy atom. The Morgan fingerprint density at radius 3 is 2.19 bits per heavy atom. The summed E-state index contributed by atoms with van der Waals surface area (Å²) < 4.78 is 10.1. The van der Waals surface area contributed by atoms with Crippen molar-refractivity contribution in [3.8, 4) is 5.75 Å². The van der Waals surface area contributed by atoms with Crippen molar-refractivity contribution in [2.45, 2.75) is 19.9 Å². The van der Waals surface area contributed by atoms with E-state index in [1.807, 2.05) is 31.2 Å². The molecule has 2 N–H and O–H groups in total. The lowest BCUT2D eigenvalue weighted by Gasteiger charge is -2.15. The van der Waals surface area contributed by atoms with Crippen LogP contribution in [0.5, 0.6) is 5.75 Å². The fraction of sp³-hybridized carbons (Fsp3) is 0.250. The lowest BCUT2D eigenvalue weighted by atomic mass is 10.1. The molecule has 2 aromatic carbocycles. The van der Waals surface area contributed by atoms with E-state index < -0.39 is 11.9 Å². The van der Waals surface area contributed by atoms with Gasteiger partial charge < -0.3 is 20.1 Å². The van der Waals surface area contributed by atoms with E-state index in [0.29, 0.717) is 11.3 Å². The summed E-state index contributed by atoms with van der Waals surface area (Å²) in [6.45, 7) is 2.85. The first-order valence-corrected chi connectivity index (χ1v) is 8.37. The average Bonchev–Trinajstić information content (AvgIpc) is 2.66. The van der Waals surface area contributed by atoms with Gasteiger partial charge in [-0.3, -0.25) is 9.59 Å². The van der Waals surface area contributed by atoms with E-state index in [2.05, 4.69) is 10.6 Å². The zero-order chi connectivity index (χ0) is 19.8. The summed E-state index contributed by atoms with van der Waals surface area (Å²) in [7, 11) is 1.59. The molecule has 0 saturated carbocycles. The van der Waals surface area contributed by atoms with Crippen molar-refractivity contribution in [2.75, 3.05) is 19.0 Å². The smallest absolute Gasteiger partial charge is 0.338 e. The molecule has 0 saturated heterocycles. The first-order chi connectivity index (χ1) is 12.9. The monoisotopic (exact) mass is 370 g/mol. The van der Waals surface area contributed by atoms with E-state index in [4.69, 9.17) is 9.47 Å². The highest BCUT2D eigenvalue weighted by atomic mass is 16.5. The van der Waals surface area contributed by atoms with E-state index >= 15 is 0 Å². The number of esters is 1. The third-order valence-electron chi connectivity index (χ3n) is 3.77. The van der Waals surface area contributed by atoms with Crippen molar-refractivity contribution in [3.63, 3.8) is 0 Å². The van der Waals surface area contributed by atoms with E-state index in [1.54, 1.807) is 19.2 Å². The largest absolute Gasteiger partial charge is 0.497 e. The van der Waals surface area contributed by atoms with Crippen LogP contribution in [0, 0.1) is 0 Å². The molecule has 1 atom stereocenters. The third-order valence-corrected chi connectivity index (χ3v) is 3.77. The number of rotatable bonds is 7. The van der Waals surface area contributed by atoms with Crippen LogP contribution < -0.4 is 15.4 Å². The lowest BCUT2D eigenvalue weighted by Crippen LogP contribution is -2.31. The van der Waals surface area contributed by atoms with Gasteiger partial charge in [0.25, 0.3) is 5.91 Å². The normalized spacial score (nSPS) is 11.2. The van der Waals surface area contributed by atoms with Crippen LogP contribution in [0.25, 0.3) is 0 Å². The molecule has 0 fully saturated rings. The van der Waals surface area contributed by atoms with Crippen LogP contribution in [0.3, 0.4) is 0 Å². The number of amides is 2. The Labute approximate surface area is 157 Å². The zero-order valence-corrected chi connectivity index (χ0v) is 15.4. The molecule has 2 rings (SSSR count). The summed E-state index contributed by atoms with van der Waals surface area (Å²) in [6, 6.07) is 13.3. The highest BCUT2D eigenvalue weighted by molar-refractivity contribution is 5.93. The van der Waals surface area contributed by atoms with Crippen LogP contribution in [0.2, 0.25) is 0 Å². The highest BCUT2D eigenvalue weighted by Gasteiger charge is 2.13. The molecule has 2 amide bonds. The van der Waals surface area contributed by atoms with Gasteiger partial charge in [-0.15, -0.1) is 0 Å². The number of hydrogen-bond donors (Lipinski definition) is 2. The number of methoxy groups -OCH3 is 1. The van der Waals surface area contributed by atoms with Crippen LogP contribution in [0.4, 0.5) is 5.69 Å². The van der Waals surface area contributed by atoms with Gasteiger partial charge >= 0.3 is 5.97 Å². The maximum absolute atomic E-state index is 12.0. The lowest BCUT2D eigenvalue weighted by molar-refractivity contribution is -0.124. The second-order valence-electron chi connectivity index (χ2n) is 5.90. The van der Waals surface area contributed by atoms with Gasteiger partial charge in [-0.05, 0) is 48.9 Å². The van der Waals surface area contributed by atoms with E-state index in [-0.39, 0.29) is 18.6 Å². The topological polar surface area (TPSA) is 93.7 Å². The molecule has 27 heavy (non-hydrogen) atoms. The minimum absolute atomic E-state index is 0.201. The molecule has 0 bridgehead atoms. The van der Waals surface area contributed by atoms with Crippen molar-refractivity contribution < 1.29 is 23.9 Å². The summed E-state index contributed by atoms with van der Waals surface area (Å²) in [4.78, 5) is 35.0. The van der Waals surface area contributed by atoms with Crippen molar-refractivity contribution in [1.29, 1.82) is 0 Å². The number of carbonyl (C=O) groups excluding carboxylic acids is 3. The summed E-state index contributed by atoms with van der Waals surface area (Å²) in [5.41, 5.74) is 1.77. The fourth-order valence-electron chi connectivity index (χ4n) is 2.37. The van der Waals surface area contributed by atoms with Crippen molar-refractivity contribution >= 4 is 23.5 Å². The van der Waals surface area contributed by atoms with Crippen LogP contribution >= 0.6 is 0 Å². The van der Waals surface area contributed by atoms with Gasteiger partial charge in [0.2, 0.25) is 5.91 Å².